The maximum absolute atomic E-state index is 9.19. The second kappa shape index (κ2) is 6.58. The fraction of sp³-hybridized carbons (Fsp3) is 0.667. The van der Waals surface area contributed by atoms with Gasteiger partial charge in [0.05, 0.1) is 25.1 Å². The van der Waals surface area contributed by atoms with Crippen LogP contribution in [0.15, 0.2) is 12.7 Å². The smallest absolute Gasteiger partial charge is 0.245 e. The Morgan fingerprint density at radius 1 is 1.41 bits per heavy atom. The number of hydrogen-bond acceptors (Lipinski definition) is 6. The van der Waals surface area contributed by atoms with Gasteiger partial charge in [-0.3, -0.25) is 4.57 Å². The largest absolute Gasteiger partial charge is 0.473 e. The minimum absolute atomic E-state index is 0.0427. The fourth-order valence-corrected chi connectivity index (χ4v) is 2.81. The van der Waals surface area contributed by atoms with E-state index in [0.29, 0.717) is 17.0 Å². The van der Waals surface area contributed by atoms with E-state index in [1.54, 1.807) is 6.33 Å². The highest BCUT2D eigenvalue weighted by atomic mass is 16.5. The van der Waals surface area contributed by atoms with Crippen LogP contribution in [0.1, 0.15) is 45.8 Å². The molecule has 0 radical (unpaired) electrons. The van der Waals surface area contributed by atoms with Gasteiger partial charge in [-0.25, -0.2) is 9.97 Å². The quantitative estimate of drug-likeness (QED) is 0.879. The molecule has 1 aliphatic heterocycles. The first-order valence-corrected chi connectivity index (χ1v) is 7.83. The van der Waals surface area contributed by atoms with Crippen molar-refractivity contribution in [2.45, 2.75) is 58.0 Å². The molecule has 0 saturated carbocycles. The molecule has 0 spiro atoms. The summed E-state index contributed by atoms with van der Waals surface area (Å²) >= 11 is 0. The molecule has 0 amide bonds. The summed E-state index contributed by atoms with van der Waals surface area (Å²) in [6.45, 7) is 4.19. The van der Waals surface area contributed by atoms with E-state index in [2.05, 4.69) is 21.9 Å². The lowest BCUT2D eigenvalue weighted by atomic mass is 10.2. The van der Waals surface area contributed by atoms with E-state index >= 15 is 0 Å². The maximum atomic E-state index is 9.19. The molecular formula is C15H22N4O3. The Bertz CT molecular complexity index is 630. The molecule has 7 nitrogen and oxygen atoms in total. The molecule has 0 bridgehead atoms. The van der Waals surface area contributed by atoms with Crippen LogP contribution in [0.2, 0.25) is 0 Å². The summed E-state index contributed by atoms with van der Waals surface area (Å²) in [6.07, 6.45) is 6.75. The molecule has 3 rings (SSSR count). The average Bonchev–Trinajstić information content (AvgIpc) is 3.14. The molecule has 1 aliphatic rings. The number of nitrogens with zero attached hydrogens (tertiary/aromatic N) is 4. The summed E-state index contributed by atoms with van der Waals surface area (Å²) in [5, 5.41) is 9.19. The van der Waals surface area contributed by atoms with Crippen molar-refractivity contribution in [1.29, 1.82) is 0 Å². The Labute approximate surface area is 129 Å². The normalized spacial score (nSPS) is 23.0. The van der Waals surface area contributed by atoms with Gasteiger partial charge in [-0.15, -0.1) is 0 Å². The average molecular weight is 306 g/mol. The second-order valence-electron chi connectivity index (χ2n) is 5.69. The fourth-order valence-electron chi connectivity index (χ4n) is 2.81. The Morgan fingerprint density at radius 2 is 2.27 bits per heavy atom. The van der Waals surface area contributed by atoms with E-state index in [-0.39, 0.29) is 25.0 Å². The number of aliphatic hydroxyl groups excluding tert-OH is 1. The molecule has 0 aliphatic carbocycles. The van der Waals surface area contributed by atoms with Crippen LogP contribution in [0.25, 0.3) is 11.2 Å². The Morgan fingerprint density at radius 3 is 3.00 bits per heavy atom. The molecule has 3 heterocycles. The molecule has 2 aromatic rings. The predicted octanol–water partition coefficient (Wildman–Crippen LogP) is 2.06. The SMILES string of the molecule is CCCC(C)Oc1ncnc2c1ncn2[C@H]1CC[C@@H](CO)O1. The number of rotatable bonds is 6. The molecule has 0 aromatic carbocycles. The molecular weight excluding hydrogens is 284 g/mol. The number of fused-ring (bicyclic) bond motifs is 1. The van der Waals surface area contributed by atoms with Crippen LogP contribution in [0.3, 0.4) is 0 Å². The molecule has 1 saturated heterocycles. The number of hydrogen-bond donors (Lipinski definition) is 1. The van der Waals surface area contributed by atoms with Gasteiger partial charge in [-0.2, -0.15) is 4.98 Å². The van der Waals surface area contributed by atoms with Crippen LogP contribution < -0.4 is 4.74 Å². The van der Waals surface area contributed by atoms with Crippen LogP contribution in [-0.2, 0) is 4.74 Å². The van der Waals surface area contributed by atoms with Crippen LogP contribution in [-0.4, -0.2) is 43.4 Å². The Balaban J connectivity index is 1.86. The molecule has 22 heavy (non-hydrogen) atoms. The lowest BCUT2D eigenvalue weighted by Gasteiger charge is -2.15. The summed E-state index contributed by atoms with van der Waals surface area (Å²) < 4.78 is 13.6. The Hall–Kier alpha value is -1.73. The van der Waals surface area contributed by atoms with Gasteiger partial charge in [-0.1, -0.05) is 13.3 Å². The highest BCUT2D eigenvalue weighted by Gasteiger charge is 2.28. The van der Waals surface area contributed by atoms with Crippen molar-refractivity contribution in [2.24, 2.45) is 0 Å². The van der Waals surface area contributed by atoms with Crippen molar-refractivity contribution in [3.05, 3.63) is 12.7 Å². The first-order valence-electron chi connectivity index (χ1n) is 7.83. The van der Waals surface area contributed by atoms with Crippen molar-refractivity contribution in [1.82, 2.24) is 19.5 Å². The summed E-state index contributed by atoms with van der Waals surface area (Å²) in [7, 11) is 0. The van der Waals surface area contributed by atoms with E-state index in [4.69, 9.17) is 9.47 Å². The number of imidazole rings is 1. The van der Waals surface area contributed by atoms with Gasteiger partial charge in [0.1, 0.15) is 12.6 Å². The first kappa shape index (κ1) is 15.2. The summed E-state index contributed by atoms with van der Waals surface area (Å²) in [5.74, 6) is 0.515. The van der Waals surface area contributed by atoms with Gasteiger partial charge >= 0.3 is 0 Å². The molecule has 3 atom stereocenters. The summed E-state index contributed by atoms with van der Waals surface area (Å²) in [5.41, 5.74) is 1.36. The third-order valence-electron chi connectivity index (χ3n) is 3.93. The Kier molecular flexibility index (Phi) is 4.54. The minimum atomic E-state index is -0.141. The monoisotopic (exact) mass is 306 g/mol. The zero-order chi connectivity index (χ0) is 15.5. The second-order valence-corrected chi connectivity index (χ2v) is 5.69. The molecule has 7 heteroatoms. The van der Waals surface area contributed by atoms with Gasteiger partial charge in [0.15, 0.2) is 11.2 Å². The third-order valence-corrected chi connectivity index (χ3v) is 3.93. The minimum Gasteiger partial charge on any atom is -0.473 e. The predicted molar refractivity (Wildman–Crippen MR) is 80.6 cm³/mol. The first-order chi connectivity index (χ1) is 10.7. The van der Waals surface area contributed by atoms with Gasteiger partial charge in [0.2, 0.25) is 5.88 Å². The van der Waals surface area contributed by atoms with Gasteiger partial charge in [-0.05, 0) is 26.2 Å². The van der Waals surface area contributed by atoms with E-state index < -0.39 is 0 Å². The van der Waals surface area contributed by atoms with Gasteiger partial charge in [0.25, 0.3) is 0 Å². The van der Waals surface area contributed by atoms with Crippen molar-refractivity contribution in [3.63, 3.8) is 0 Å². The van der Waals surface area contributed by atoms with E-state index in [1.165, 1.54) is 6.33 Å². The lowest BCUT2D eigenvalue weighted by molar-refractivity contribution is -0.0207. The van der Waals surface area contributed by atoms with Crippen molar-refractivity contribution in [2.75, 3.05) is 6.61 Å². The number of ether oxygens (including phenoxy) is 2. The van der Waals surface area contributed by atoms with Crippen molar-refractivity contribution in [3.8, 4) is 5.88 Å². The number of aliphatic hydroxyl groups is 1. The van der Waals surface area contributed by atoms with E-state index in [1.807, 2.05) is 11.5 Å². The van der Waals surface area contributed by atoms with Gasteiger partial charge in [0, 0.05) is 0 Å². The molecule has 2 aromatic heterocycles. The lowest BCUT2D eigenvalue weighted by Crippen LogP contribution is -2.14. The standard InChI is InChI=1S/C15H22N4O3/c1-3-4-10(2)21-15-13-14(16-8-17-15)19(9-18-13)12-6-5-11(7-20)22-12/h8-12,20H,3-7H2,1-2H3/t10?,11-,12+/m0/s1. The van der Waals surface area contributed by atoms with E-state index in [0.717, 1.165) is 25.7 Å². The molecule has 1 N–H and O–H groups in total. The van der Waals surface area contributed by atoms with Crippen molar-refractivity contribution >= 4 is 11.2 Å². The van der Waals surface area contributed by atoms with Crippen LogP contribution in [0.5, 0.6) is 5.88 Å². The zero-order valence-corrected chi connectivity index (χ0v) is 13.0. The van der Waals surface area contributed by atoms with Crippen LogP contribution in [0.4, 0.5) is 0 Å². The highest BCUT2D eigenvalue weighted by Crippen LogP contribution is 2.31. The summed E-state index contributed by atoms with van der Waals surface area (Å²) in [4.78, 5) is 12.9. The summed E-state index contributed by atoms with van der Waals surface area (Å²) in [6, 6.07) is 0. The number of aromatic nitrogens is 4. The topological polar surface area (TPSA) is 82.3 Å². The highest BCUT2D eigenvalue weighted by molar-refractivity contribution is 5.76. The molecule has 1 fully saturated rings. The maximum Gasteiger partial charge on any atom is 0.245 e. The molecule has 1 unspecified atom stereocenters. The van der Waals surface area contributed by atoms with Crippen LogP contribution >= 0.6 is 0 Å². The molecule has 120 valence electrons. The zero-order valence-electron chi connectivity index (χ0n) is 13.0. The van der Waals surface area contributed by atoms with Crippen LogP contribution in [0, 0.1) is 0 Å². The third kappa shape index (κ3) is 2.91. The van der Waals surface area contributed by atoms with Crippen molar-refractivity contribution < 1.29 is 14.6 Å². The van der Waals surface area contributed by atoms with E-state index in [9.17, 15) is 5.11 Å². The van der Waals surface area contributed by atoms with Gasteiger partial charge < -0.3 is 14.6 Å².